The second kappa shape index (κ2) is 5.29. The van der Waals surface area contributed by atoms with E-state index in [2.05, 4.69) is 4.72 Å². The van der Waals surface area contributed by atoms with E-state index in [4.69, 9.17) is 0 Å². The van der Waals surface area contributed by atoms with E-state index in [-0.39, 0.29) is 17.3 Å². The molecule has 0 amide bonds. The van der Waals surface area contributed by atoms with Gasteiger partial charge in [0.2, 0.25) is 10.0 Å². The molecule has 18 heavy (non-hydrogen) atoms. The van der Waals surface area contributed by atoms with Crippen LogP contribution >= 0.6 is 0 Å². The Morgan fingerprint density at radius 3 is 2.39 bits per heavy atom. The highest BCUT2D eigenvalue weighted by Gasteiger charge is 2.12. The quantitative estimate of drug-likeness (QED) is 0.922. The Balaban J connectivity index is 2.11. The molecule has 0 saturated carbocycles. The number of hydrogen-bond acceptors (Lipinski definition) is 2. The second-order valence-electron chi connectivity index (χ2n) is 3.77. The predicted octanol–water partition coefficient (Wildman–Crippen LogP) is 2.30. The first-order valence-corrected chi connectivity index (χ1v) is 6.85. The minimum atomic E-state index is -3.54. The summed E-state index contributed by atoms with van der Waals surface area (Å²) in [5.41, 5.74) is 0.578. The fraction of sp³-hybridized carbons (Fsp3) is 0.0769. The van der Waals surface area contributed by atoms with Crippen molar-refractivity contribution in [2.75, 3.05) is 0 Å². The smallest absolute Gasteiger partial charge is 0.207 e. The van der Waals surface area contributed by atoms with Crippen LogP contribution in [-0.2, 0) is 16.6 Å². The Bertz CT molecular complexity index is 626. The van der Waals surface area contributed by atoms with E-state index >= 15 is 0 Å². The molecule has 5 heteroatoms. The number of rotatable bonds is 4. The molecule has 0 aliphatic rings. The summed E-state index contributed by atoms with van der Waals surface area (Å²) in [6, 6.07) is 13.9. The molecular weight excluding hydrogens is 253 g/mol. The summed E-state index contributed by atoms with van der Waals surface area (Å²) < 4.78 is 39.1. The van der Waals surface area contributed by atoms with Crippen LogP contribution in [0.15, 0.2) is 59.5 Å². The minimum absolute atomic E-state index is 0.0645. The second-order valence-corrected chi connectivity index (χ2v) is 5.53. The summed E-state index contributed by atoms with van der Waals surface area (Å²) in [6.07, 6.45) is 0. The third-order valence-electron chi connectivity index (χ3n) is 2.41. The van der Waals surface area contributed by atoms with Crippen LogP contribution in [0.4, 0.5) is 4.39 Å². The van der Waals surface area contributed by atoms with Gasteiger partial charge in [-0.2, -0.15) is 0 Å². The average Bonchev–Trinajstić information content (AvgIpc) is 2.38. The van der Waals surface area contributed by atoms with Crippen LogP contribution < -0.4 is 4.72 Å². The van der Waals surface area contributed by atoms with E-state index in [9.17, 15) is 12.8 Å². The van der Waals surface area contributed by atoms with Crippen LogP contribution in [0.1, 0.15) is 5.56 Å². The molecular formula is C13H12FNO2S. The predicted molar refractivity (Wildman–Crippen MR) is 66.9 cm³/mol. The Morgan fingerprint density at radius 2 is 1.72 bits per heavy atom. The maximum atomic E-state index is 12.9. The van der Waals surface area contributed by atoms with Crippen molar-refractivity contribution in [2.45, 2.75) is 11.4 Å². The maximum absolute atomic E-state index is 12.9. The fourth-order valence-electron chi connectivity index (χ4n) is 1.51. The number of hydrogen-bond donors (Lipinski definition) is 1. The highest BCUT2D eigenvalue weighted by Crippen LogP contribution is 2.09. The number of benzene rings is 2. The van der Waals surface area contributed by atoms with Crippen molar-refractivity contribution in [1.82, 2.24) is 4.72 Å². The van der Waals surface area contributed by atoms with Crippen LogP contribution in [0.5, 0.6) is 0 Å². The van der Waals surface area contributed by atoms with Crippen molar-refractivity contribution in [1.29, 1.82) is 0 Å². The Morgan fingerprint density at radius 1 is 1.00 bits per heavy atom. The molecule has 0 aromatic heterocycles. The van der Waals surface area contributed by atoms with Crippen LogP contribution in [0.25, 0.3) is 0 Å². The van der Waals surface area contributed by atoms with Gasteiger partial charge in [-0.3, -0.25) is 0 Å². The highest BCUT2D eigenvalue weighted by atomic mass is 32.2. The molecule has 94 valence electrons. The topological polar surface area (TPSA) is 46.2 Å². The first kappa shape index (κ1) is 12.7. The zero-order chi connectivity index (χ0) is 13.0. The summed E-state index contributed by atoms with van der Waals surface area (Å²) >= 11 is 0. The first-order valence-electron chi connectivity index (χ1n) is 5.37. The van der Waals surface area contributed by atoms with Gasteiger partial charge in [-0.1, -0.05) is 30.3 Å². The van der Waals surface area contributed by atoms with Gasteiger partial charge >= 0.3 is 0 Å². The van der Waals surface area contributed by atoms with Crippen molar-refractivity contribution in [3.63, 3.8) is 0 Å². The normalized spacial score (nSPS) is 11.4. The standard InChI is InChI=1S/C13H12FNO2S/c14-12-6-4-5-11(9-12)10-15-18(16,17)13-7-2-1-3-8-13/h1-9,15H,10H2. The molecule has 3 nitrogen and oxygen atoms in total. The lowest BCUT2D eigenvalue weighted by atomic mass is 10.2. The Labute approximate surface area is 105 Å². The van der Waals surface area contributed by atoms with Crippen LogP contribution in [0.3, 0.4) is 0 Å². The summed E-state index contributed by atoms with van der Waals surface area (Å²) in [7, 11) is -3.54. The SMILES string of the molecule is O=S(=O)(NCc1cccc(F)c1)c1ccccc1. The van der Waals surface area contributed by atoms with Gasteiger partial charge in [-0.05, 0) is 29.8 Å². The molecule has 0 spiro atoms. The monoisotopic (exact) mass is 265 g/mol. The molecule has 0 aliphatic carbocycles. The largest absolute Gasteiger partial charge is 0.240 e. The van der Waals surface area contributed by atoms with Crippen molar-refractivity contribution >= 4 is 10.0 Å². The molecule has 2 aromatic rings. The number of nitrogens with one attached hydrogen (secondary N) is 1. The summed E-state index contributed by atoms with van der Waals surface area (Å²) in [6.45, 7) is 0.0645. The molecule has 0 atom stereocenters. The molecule has 2 aromatic carbocycles. The summed E-state index contributed by atoms with van der Waals surface area (Å²) in [4.78, 5) is 0.196. The van der Waals surface area contributed by atoms with Gasteiger partial charge in [0.25, 0.3) is 0 Å². The van der Waals surface area contributed by atoms with E-state index in [0.29, 0.717) is 5.56 Å². The lowest BCUT2D eigenvalue weighted by molar-refractivity contribution is 0.580. The fourth-order valence-corrected chi connectivity index (χ4v) is 2.55. The van der Waals surface area contributed by atoms with E-state index < -0.39 is 10.0 Å². The van der Waals surface area contributed by atoms with Gasteiger partial charge in [0.15, 0.2) is 0 Å². The van der Waals surface area contributed by atoms with Crippen molar-refractivity contribution in [2.24, 2.45) is 0 Å². The molecule has 0 bridgehead atoms. The number of sulfonamides is 1. The molecule has 0 heterocycles. The van der Waals surface area contributed by atoms with Crippen molar-refractivity contribution < 1.29 is 12.8 Å². The molecule has 1 N–H and O–H groups in total. The molecule has 2 rings (SSSR count). The summed E-state index contributed by atoms with van der Waals surface area (Å²) in [5.74, 6) is -0.383. The van der Waals surface area contributed by atoms with Gasteiger partial charge in [-0.15, -0.1) is 0 Å². The summed E-state index contributed by atoms with van der Waals surface area (Å²) in [5, 5.41) is 0. The first-order chi connectivity index (χ1) is 8.58. The van der Waals surface area contributed by atoms with Gasteiger partial charge < -0.3 is 0 Å². The molecule has 0 radical (unpaired) electrons. The van der Waals surface area contributed by atoms with E-state index in [1.54, 1.807) is 30.3 Å². The maximum Gasteiger partial charge on any atom is 0.240 e. The minimum Gasteiger partial charge on any atom is -0.207 e. The van der Waals surface area contributed by atoms with Crippen LogP contribution in [0, 0.1) is 5.82 Å². The van der Waals surface area contributed by atoms with E-state index in [1.165, 1.54) is 24.3 Å². The Kier molecular flexibility index (Phi) is 3.74. The molecule has 0 aliphatic heterocycles. The van der Waals surface area contributed by atoms with Crippen LogP contribution in [-0.4, -0.2) is 8.42 Å². The van der Waals surface area contributed by atoms with Gasteiger partial charge in [0.05, 0.1) is 4.90 Å². The molecule has 0 saturated heterocycles. The van der Waals surface area contributed by atoms with Gasteiger partial charge in [-0.25, -0.2) is 17.5 Å². The average molecular weight is 265 g/mol. The lowest BCUT2D eigenvalue weighted by Crippen LogP contribution is -2.23. The Hall–Kier alpha value is -1.72. The third kappa shape index (κ3) is 3.15. The third-order valence-corrected chi connectivity index (χ3v) is 3.83. The van der Waals surface area contributed by atoms with Gasteiger partial charge in [0, 0.05) is 6.54 Å². The zero-order valence-electron chi connectivity index (χ0n) is 9.51. The van der Waals surface area contributed by atoms with Gasteiger partial charge in [0.1, 0.15) is 5.82 Å². The molecule has 0 fully saturated rings. The van der Waals surface area contributed by atoms with Crippen molar-refractivity contribution in [3.8, 4) is 0 Å². The van der Waals surface area contributed by atoms with E-state index in [1.807, 2.05) is 0 Å². The number of halogens is 1. The highest BCUT2D eigenvalue weighted by molar-refractivity contribution is 7.89. The van der Waals surface area contributed by atoms with E-state index in [0.717, 1.165) is 0 Å². The molecule has 0 unspecified atom stereocenters. The van der Waals surface area contributed by atoms with Crippen molar-refractivity contribution in [3.05, 3.63) is 66.0 Å². The van der Waals surface area contributed by atoms with Crippen LogP contribution in [0.2, 0.25) is 0 Å². The lowest BCUT2D eigenvalue weighted by Gasteiger charge is -2.06. The zero-order valence-corrected chi connectivity index (χ0v) is 10.3.